The molecule has 29 heavy (non-hydrogen) atoms. The highest BCUT2D eigenvalue weighted by molar-refractivity contribution is 7.46. The number of ether oxygens (including phenoxy) is 3. The minimum atomic E-state index is -4.71. The van der Waals surface area contributed by atoms with E-state index in [1.165, 1.54) is 0 Å². The zero-order chi connectivity index (χ0) is 22.0. The van der Waals surface area contributed by atoms with Gasteiger partial charge in [0.05, 0.1) is 42.7 Å². The van der Waals surface area contributed by atoms with Crippen LogP contribution in [0.2, 0.25) is 0 Å². The topological polar surface area (TPSA) is 112 Å². The predicted molar refractivity (Wildman–Crippen MR) is 108 cm³/mol. The van der Waals surface area contributed by atoms with Crippen molar-refractivity contribution >= 4 is 7.82 Å². The first kappa shape index (κ1) is 24.8. The smallest absolute Gasteiger partial charge is 0.319 e. The first-order chi connectivity index (χ1) is 13.3. The Morgan fingerprint density at radius 2 is 1.93 bits per heavy atom. The van der Waals surface area contributed by atoms with Crippen LogP contribution in [0.1, 0.15) is 60.8 Å². The quantitative estimate of drug-likeness (QED) is 0.413. The van der Waals surface area contributed by atoms with Crippen molar-refractivity contribution in [3.63, 3.8) is 0 Å². The Labute approximate surface area is 174 Å². The van der Waals surface area contributed by atoms with E-state index in [0.717, 1.165) is 0 Å². The lowest BCUT2D eigenvalue weighted by molar-refractivity contribution is -0.230. The predicted octanol–water partition coefficient (Wildman–Crippen LogP) is 2.89. The number of phosphoric ester groups is 1. The molecule has 1 aliphatic carbocycles. The first-order valence-electron chi connectivity index (χ1n) is 10.4. The molecule has 1 heterocycles. The first-order valence-corrected chi connectivity index (χ1v) is 11.9. The van der Waals surface area contributed by atoms with Gasteiger partial charge in [-0.05, 0) is 53.4 Å². The molecule has 1 unspecified atom stereocenters. The van der Waals surface area contributed by atoms with Crippen molar-refractivity contribution in [2.45, 2.75) is 103 Å². The third-order valence-electron chi connectivity index (χ3n) is 5.20. The molecule has 2 fully saturated rings. The molecular formula is C20H37NO7P-. The Morgan fingerprint density at radius 3 is 2.52 bits per heavy atom. The second-order valence-corrected chi connectivity index (χ2v) is 10.4. The van der Waals surface area contributed by atoms with Crippen LogP contribution in [0.15, 0.2) is 12.3 Å². The third kappa shape index (κ3) is 7.03. The van der Waals surface area contributed by atoms with E-state index in [2.05, 4.69) is 6.58 Å². The summed E-state index contributed by atoms with van der Waals surface area (Å²) in [6.07, 6.45) is -0.0948. The van der Waals surface area contributed by atoms with Gasteiger partial charge in [-0.2, -0.15) is 0 Å². The SMILES string of the molecule is C=C(OP(=O)([O-])O[C@@H]1C[C@H](C)C[C@]1(N)COC(C)C)[C@H]1O[C@@H](C)C[C@H]1OC(C)C. The number of hydrogen-bond donors (Lipinski definition) is 1. The molecule has 9 heteroatoms. The van der Waals surface area contributed by atoms with Gasteiger partial charge in [-0.1, -0.05) is 13.5 Å². The summed E-state index contributed by atoms with van der Waals surface area (Å²) in [7, 11) is -4.71. The summed E-state index contributed by atoms with van der Waals surface area (Å²) in [6.45, 7) is 15.5. The van der Waals surface area contributed by atoms with E-state index >= 15 is 0 Å². The van der Waals surface area contributed by atoms with E-state index in [0.29, 0.717) is 19.3 Å². The van der Waals surface area contributed by atoms with Crippen LogP contribution in [-0.4, -0.2) is 48.8 Å². The van der Waals surface area contributed by atoms with Crippen molar-refractivity contribution in [2.75, 3.05) is 6.61 Å². The molecule has 7 atom stereocenters. The molecule has 2 aliphatic rings. The van der Waals surface area contributed by atoms with Gasteiger partial charge in [0.25, 0.3) is 0 Å². The van der Waals surface area contributed by atoms with E-state index < -0.39 is 25.6 Å². The van der Waals surface area contributed by atoms with Crippen molar-refractivity contribution in [3.05, 3.63) is 12.3 Å². The summed E-state index contributed by atoms with van der Waals surface area (Å²) in [5, 5.41) is 0. The molecule has 170 valence electrons. The molecule has 1 saturated heterocycles. The number of rotatable bonds is 10. The van der Waals surface area contributed by atoms with E-state index in [4.69, 9.17) is 29.0 Å². The molecule has 0 amide bonds. The van der Waals surface area contributed by atoms with E-state index in [1.54, 1.807) is 0 Å². The van der Waals surface area contributed by atoms with Crippen molar-refractivity contribution in [1.82, 2.24) is 0 Å². The van der Waals surface area contributed by atoms with Gasteiger partial charge in [0.2, 0.25) is 0 Å². The molecule has 0 radical (unpaired) electrons. The molecule has 1 aliphatic heterocycles. The van der Waals surface area contributed by atoms with Gasteiger partial charge in [-0.25, -0.2) is 0 Å². The van der Waals surface area contributed by atoms with E-state index in [1.807, 2.05) is 41.5 Å². The monoisotopic (exact) mass is 434 g/mol. The maximum atomic E-state index is 12.6. The lowest BCUT2D eigenvalue weighted by Gasteiger charge is -2.36. The fourth-order valence-electron chi connectivity index (χ4n) is 4.06. The Kier molecular flexibility index (Phi) is 8.36. The van der Waals surface area contributed by atoms with Gasteiger partial charge >= 0.3 is 7.82 Å². The molecular weight excluding hydrogens is 397 g/mol. The Balaban J connectivity index is 2.02. The van der Waals surface area contributed by atoms with Gasteiger partial charge in [0.15, 0.2) is 0 Å². The van der Waals surface area contributed by atoms with Crippen molar-refractivity contribution in [2.24, 2.45) is 11.7 Å². The fourth-order valence-corrected chi connectivity index (χ4v) is 5.10. The van der Waals surface area contributed by atoms with Crippen LogP contribution in [-0.2, 0) is 27.8 Å². The zero-order valence-corrected chi connectivity index (χ0v) is 19.4. The van der Waals surface area contributed by atoms with Gasteiger partial charge in [0, 0.05) is 6.42 Å². The van der Waals surface area contributed by atoms with Crippen LogP contribution in [0.5, 0.6) is 0 Å². The Hall–Kier alpha value is -0.470. The average molecular weight is 434 g/mol. The number of phosphoric acid groups is 1. The average Bonchev–Trinajstić information content (AvgIpc) is 3.03. The maximum absolute atomic E-state index is 12.6. The standard InChI is InChI=1S/C20H38NO7P/c1-12(2)24-11-20(21)10-14(5)8-18(20)28-29(22,23)27-16(7)19-17(25-13(3)4)9-15(6)26-19/h12-15,17-19H,7-11,21H2,1-6H3,(H,22,23)/p-1/t14-,15-,17+,18+,19+,20-/m0/s1. The van der Waals surface area contributed by atoms with Gasteiger partial charge in [-0.3, -0.25) is 4.57 Å². The second-order valence-electron chi connectivity index (χ2n) is 9.06. The maximum Gasteiger partial charge on any atom is 0.319 e. The number of hydrogen-bond acceptors (Lipinski definition) is 8. The van der Waals surface area contributed by atoms with Crippen LogP contribution >= 0.6 is 7.82 Å². The van der Waals surface area contributed by atoms with Gasteiger partial charge in [0.1, 0.15) is 11.9 Å². The van der Waals surface area contributed by atoms with E-state index in [9.17, 15) is 9.46 Å². The van der Waals surface area contributed by atoms with Crippen molar-refractivity contribution < 1.29 is 32.7 Å². The van der Waals surface area contributed by atoms with E-state index in [-0.39, 0.29) is 42.7 Å². The minimum absolute atomic E-state index is 0.0125. The fraction of sp³-hybridized carbons (Fsp3) is 0.900. The summed E-state index contributed by atoms with van der Waals surface area (Å²) < 4.78 is 40.5. The molecule has 0 spiro atoms. The second kappa shape index (κ2) is 9.77. The van der Waals surface area contributed by atoms with Crippen molar-refractivity contribution in [3.8, 4) is 0 Å². The highest BCUT2D eigenvalue weighted by atomic mass is 31.2. The third-order valence-corrected chi connectivity index (χ3v) is 6.17. The molecule has 0 aromatic rings. The molecule has 0 aromatic carbocycles. The van der Waals surface area contributed by atoms with Gasteiger partial charge < -0.3 is 33.9 Å². The summed E-state index contributed by atoms with van der Waals surface area (Å²) in [5.41, 5.74) is 5.57. The van der Waals surface area contributed by atoms with Crippen LogP contribution in [0.25, 0.3) is 0 Å². The molecule has 2 N–H and O–H groups in total. The zero-order valence-electron chi connectivity index (χ0n) is 18.5. The largest absolute Gasteiger partial charge is 0.746 e. The lowest BCUT2D eigenvalue weighted by atomic mass is 9.97. The molecule has 0 bridgehead atoms. The molecule has 1 saturated carbocycles. The Bertz CT molecular complexity index is 614. The summed E-state index contributed by atoms with van der Waals surface area (Å²) in [4.78, 5) is 12.6. The highest BCUT2D eigenvalue weighted by Crippen LogP contribution is 2.49. The number of nitrogens with two attached hydrogens (primary N) is 1. The van der Waals surface area contributed by atoms with Crippen LogP contribution < -0.4 is 10.6 Å². The summed E-state index contributed by atoms with van der Waals surface area (Å²) in [5.74, 6) is 0.178. The van der Waals surface area contributed by atoms with Crippen LogP contribution in [0.4, 0.5) is 0 Å². The summed E-state index contributed by atoms with van der Waals surface area (Å²) in [6, 6.07) is 0. The van der Waals surface area contributed by atoms with Crippen molar-refractivity contribution in [1.29, 1.82) is 0 Å². The molecule has 8 nitrogen and oxygen atoms in total. The minimum Gasteiger partial charge on any atom is -0.746 e. The lowest BCUT2D eigenvalue weighted by Crippen LogP contribution is -2.52. The van der Waals surface area contributed by atoms with Crippen LogP contribution in [0, 0.1) is 5.92 Å². The highest BCUT2D eigenvalue weighted by Gasteiger charge is 2.47. The van der Waals surface area contributed by atoms with Gasteiger partial charge in [-0.15, -0.1) is 0 Å². The normalized spacial score (nSPS) is 37.2. The summed E-state index contributed by atoms with van der Waals surface area (Å²) >= 11 is 0. The Morgan fingerprint density at radius 1 is 1.28 bits per heavy atom. The molecule has 0 aromatic heterocycles. The molecule has 2 rings (SSSR count). The van der Waals surface area contributed by atoms with Crippen LogP contribution in [0.3, 0.4) is 0 Å².